The minimum absolute atomic E-state index is 0.0149. The molecule has 6 nitrogen and oxygen atoms in total. The molecule has 0 fully saturated rings. The molecule has 1 aliphatic heterocycles. The third-order valence-electron chi connectivity index (χ3n) is 7.65. The van der Waals surface area contributed by atoms with E-state index in [1.807, 2.05) is 65.6 Å². The number of H-pyrrole nitrogens is 1. The highest BCUT2D eigenvalue weighted by Gasteiger charge is 2.36. The number of methoxy groups -OCH3 is 2. The number of hydrogen-bond donors (Lipinski definition) is 1. The van der Waals surface area contributed by atoms with Gasteiger partial charge in [0.1, 0.15) is 23.3 Å². The van der Waals surface area contributed by atoms with Crippen molar-refractivity contribution in [2.45, 2.75) is 51.5 Å². The van der Waals surface area contributed by atoms with E-state index < -0.39 is 0 Å². The number of hydrogen-bond acceptors (Lipinski definition) is 4. The van der Waals surface area contributed by atoms with Crippen LogP contribution in [0.5, 0.6) is 17.2 Å². The van der Waals surface area contributed by atoms with Crippen LogP contribution in [0, 0.1) is 0 Å². The molecule has 2 heterocycles. The topological polar surface area (TPSA) is 63.8 Å². The Morgan fingerprint density at radius 1 is 0.923 bits per heavy atom. The van der Waals surface area contributed by atoms with Crippen LogP contribution >= 0.6 is 0 Å². The zero-order chi connectivity index (χ0) is 27.2. The van der Waals surface area contributed by atoms with E-state index in [2.05, 4.69) is 18.0 Å². The van der Waals surface area contributed by atoms with Crippen LogP contribution in [0.25, 0.3) is 10.9 Å². The van der Waals surface area contributed by atoms with Crippen molar-refractivity contribution in [2.24, 2.45) is 0 Å². The van der Waals surface area contributed by atoms with Gasteiger partial charge in [0.25, 0.3) is 5.91 Å². The van der Waals surface area contributed by atoms with Crippen LogP contribution < -0.4 is 14.2 Å². The Labute approximate surface area is 230 Å². The summed E-state index contributed by atoms with van der Waals surface area (Å²) in [5, 5.41) is 1.13. The number of rotatable bonds is 11. The number of fused-ring (bicyclic) bond motifs is 3. The number of aromatic nitrogens is 1. The first kappa shape index (κ1) is 26.7. The zero-order valence-electron chi connectivity index (χ0n) is 23.2. The number of amides is 1. The third-order valence-corrected chi connectivity index (χ3v) is 7.65. The number of carbonyl (C=O) groups excluding carboxylic acids is 1. The predicted octanol–water partition coefficient (Wildman–Crippen LogP) is 7.32. The van der Waals surface area contributed by atoms with Crippen molar-refractivity contribution in [2.75, 3.05) is 27.4 Å². The number of aromatic amines is 1. The van der Waals surface area contributed by atoms with Crippen molar-refractivity contribution in [3.63, 3.8) is 0 Å². The summed E-state index contributed by atoms with van der Waals surface area (Å²) in [5.74, 6) is 2.36. The molecule has 0 radical (unpaired) electrons. The molecule has 0 spiro atoms. The molecule has 1 aliphatic rings. The van der Waals surface area contributed by atoms with Crippen molar-refractivity contribution in [3.05, 3.63) is 89.1 Å². The number of unbranched alkanes of at least 4 members (excludes halogenated alkanes) is 4. The molecule has 1 atom stereocenters. The smallest absolute Gasteiger partial charge is 0.254 e. The Kier molecular flexibility index (Phi) is 8.40. The predicted molar refractivity (Wildman–Crippen MR) is 155 cm³/mol. The molecular weight excluding hydrogens is 488 g/mol. The van der Waals surface area contributed by atoms with Crippen molar-refractivity contribution in [1.82, 2.24) is 9.88 Å². The first-order chi connectivity index (χ1) is 19.1. The molecule has 1 N–H and O–H groups in total. The van der Waals surface area contributed by atoms with Gasteiger partial charge in [0.2, 0.25) is 0 Å². The number of para-hydroxylation sites is 1. The minimum atomic E-state index is -0.310. The second-order valence-electron chi connectivity index (χ2n) is 10.1. The molecule has 0 saturated heterocycles. The summed E-state index contributed by atoms with van der Waals surface area (Å²) in [6.45, 7) is 3.51. The summed E-state index contributed by atoms with van der Waals surface area (Å²) in [4.78, 5) is 19.6. The Balaban J connectivity index is 1.43. The van der Waals surface area contributed by atoms with Crippen LogP contribution in [-0.4, -0.2) is 43.2 Å². The van der Waals surface area contributed by atoms with Gasteiger partial charge in [-0.05, 0) is 66.9 Å². The fraction of sp³-hybridized carbons (Fsp3) is 0.364. The van der Waals surface area contributed by atoms with Crippen LogP contribution in [-0.2, 0) is 6.42 Å². The number of nitrogens with one attached hydrogen (secondary N) is 1. The highest BCUT2D eigenvalue weighted by atomic mass is 16.5. The molecule has 4 aromatic rings. The van der Waals surface area contributed by atoms with E-state index in [1.165, 1.54) is 31.2 Å². The molecule has 1 aromatic heterocycles. The molecule has 204 valence electrons. The lowest BCUT2D eigenvalue weighted by Crippen LogP contribution is -2.40. The number of carbonyl (C=O) groups is 1. The van der Waals surface area contributed by atoms with E-state index >= 15 is 0 Å². The second-order valence-corrected chi connectivity index (χ2v) is 10.1. The Morgan fingerprint density at radius 2 is 1.69 bits per heavy atom. The van der Waals surface area contributed by atoms with Crippen LogP contribution in [0.2, 0.25) is 0 Å². The molecular formula is C33H38N2O4. The van der Waals surface area contributed by atoms with E-state index in [9.17, 15) is 4.79 Å². The summed E-state index contributed by atoms with van der Waals surface area (Å²) >= 11 is 0. The Bertz CT molecular complexity index is 1410. The van der Waals surface area contributed by atoms with Crippen LogP contribution in [0.15, 0.2) is 66.7 Å². The largest absolute Gasteiger partial charge is 0.497 e. The van der Waals surface area contributed by atoms with Gasteiger partial charge in [-0.25, -0.2) is 0 Å². The summed E-state index contributed by atoms with van der Waals surface area (Å²) in [7, 11) is 3.36. The lowest BCUT2D eigenvalue weighted by atomic mass is 9.91. The number of ether oxygens (including phenoxy) is 3. The highest BCUT2D eigenvalue weighted by Crippen LogP contribution is 2.42. The molecule has 1 amide bonds. The highest BCUT2D eigenvalue weighted by molar-refractivity contribution is 5.96. The summed E-state index contributed by atoms with van der Waals surface area (Å²) in [5.41, 5.74) is 4.87. The van der Waals surface area contributed by atoms with Gasteiger partial charge in [-0.2, -0.15) is 0 Å². The first-order valence-corrected chi connectivity index (χ1v) is 14.0. The van der Waals surface area contributed by atoms with Gasteiger partial charge in [-0.1, -0.05) is 50.8 Å². The fourth-order valence-corrected chi connectivity index (χ4v) is 5.58. The number of benzene rings is 3. The van der Waals surface area contributed by atoms with E-state index in [4.69, 9.17) is 14.2 Å². The molecule has 1 unspecified atom stereocenters. The molecule has 39 heavy (non-hydrogen) atoms. The Hall–Kier alpha value is -3.93. The minimum Gasteiger partial charge on any atom is -0.497 e. The normalized spacial score (nSPS) is 14.7. The van der Waals surface area contributed by atoms with Gasteiger partial charge < -0.3 is 24.1 Å². The van der Waals surface area contributed by atoms with Crippen molar-refractivity contribution < 1.29 is 19.0 Å². The first-order valence-electron chi connectivity index (χ1n) is 14.0. The molecule has 3 aromatic carbocycles. The SMILES string of the molecule is CCCCCCCOc1ccc(C(=O)N2CCc3c([nH]c4ccc(OC)cc34)C2c2ccccc2OC)cc1. The van der Waals surface area contributed by atoms with Gasteiger partial charge in [0.05, 0.1) is 20.8 Å². The van der Waals surface area contributed by atoms with Gasteiger partial charge in [0.15, 0.2) is 0 Å². The lowest BCUT2D eigenvalue weighted by molar-refractivity contribution is 0.0690. The Morgan fingerprint density at radius 3 is 2.46 bits per heavy atom. The van der Waals surface area contributed by atoms with Crippen LogP contribution in [0.1, 0.15) is 72.2 Å². The van der Waals surface area contributed by atoms with Crippen molar-refractivity contribution in [3.8, 4) is 17.2 Å². The van der Waals surface area contributed by atoms with Gasteiger partial charge in [0, 0.05) is 34.3 Å². The van der Waals surface area contributed by atoms with Crippen molar-refractivity contribution in [1.29, 1.82) is 0 Å². The second kappa shape index (κ2) is 12.3. The van der Waals surface area contributed by atoms with Gasteiger partial charge >= 0.3 is 0 Å². The average molecular weight is 527 g/mol. The lowest BCUT2D eigenvalue weighted by Gasteiger charge is -2.37. The number of nitrogens with zero attached hydrogens (tertiary/aromatic N) is 1. The molecule has 6 heteroatoms. The standard InChI is InChI=1S/C33H38N2O4/c1-4-5-6-7-10-21-39-24-15-13-23(14-16-24)33(36)35-20-19-26-28-22-25(37-2)17-18-29(28)34-31(26)32(35)27-11-8-9-12-30(27)38-3/h8-9,11-18,22,32,34H,4-7,10,19-21H2,1-3H3. The monoisotopic (exact) mass is 526 g/mol. The van der Waals surface area contributed by atoms with Gasteiger partial charge in [-0.15, -0.1) is 0 Å². The quantitative estimate of drug-likeness (QED) is 0.208. The maximum atomic E-state index is 14.0. The summed E-state index contributed by atoms with van der Waals surface area (Å²) in [6, 6.07) is 21.3. The van der Waals surface area contributed by atoms with Crippen LogP contribution in [0.4, 0.5) is 0 Å². The van der Waals surface area contributed by atoms with Gasteiger partial charge in [-0.3, -0.25) is 4.79 Å². The molecule has 0 aliphatic carbocycles. The summed E-state index contributed by atoms with van der Waals surface area (Å²) < 4.78 is 17.2. The third kappa shape index (κ3) is 5.60. The average Bonchev–Trinajstić information content (AvgIpc) is 3.36. The van der Waals surface area contributed by atoms with E-state index in [-0.39, 0.29) is 11.9 Å². The maximum Gasteiger partial charge on any atom is 0.254 e. The zero-order valence-corrected chi connectivity index (χ0v) is 23.2. The van der Waals surface area contributed by atoms with E-state index in [0.717, 1.165) is 52.3 Å². The van der Waals surface area contributed by atoms with Crippen LogP contribution in [0.3, 0.4) is 0 Å². The molecule has 5 rings (SSSR count). The van der Waals surface area contributed by atoms with E-state index in [1.54, 1.807) is 14.2 Å². The maximum absolute atomic E-state index is 14.0. The summed E-state index contributed by atoms with van der Waals surface area (Å²) in [6.07, 6.45) is 6.75. The molecule has 0 saturated carbocycles. The van der Waals surface area contributed by atoms with E-state index in [0.29, 0.717) is 18.7 Å². The fourth-order valence-electron chi connectivity index (χ4n) is 5.58. The van der Waals surface area contributed by atoms with Crippen molar-refractivity contribution >= 4 is 16.8 Å². The molecule has 0 bridgehead atoms.